The van der Waals surface area contributed by atoms with Crippen molar-refractivity contribution in [2.75, 3.05) is 6.54 Å². The highest BCUT2D eigenvalue weighted by atomic mass is 16.5. The van der Waals surface area contributed by atoms with Crippen molar-refractivity contribution in [2.45, 2.75) is 6.42 Å². The summed E-state index contributed by atoms with van der Waals surface area (Å²) in [4.78, 5) is 7.80. The summed E-state index contributed by atoms with van der Waals surface area (Å²) < 4.78 is 0. The molecule has 1 aromatic heterocycles. The number of hydrogen-bond acceptors (Lipinski definition) is 3. The summed E-state index contributed by atoms with van der Waals surface area (Å²) in [7, 11) is 0. The number of hydroxylamine groups is 1. The molecule has 0 saturated heterocycles. The van der Waals surface area contributed by atoms with Crippen LogP contribution in [0.4, 0.5) is 0 Å². The van der Waals surface area contributed by atoms with Gasteiger partial charge < -0.3 is 5.73 Å². The molecule has 0 saturated carbocycles. The monoisotopic (exact) mass is 180 g/mol. The van der Waals surface area contributed by atoms with Crippen molar-refractivity contribution in [1.29, 1.82) is 0 Å². The lowest BCUT2D eigenvalue weighted by Crippen LogP contribution is -2.28. The molecule has 0 spiro atoms. The summed E-state index contributed by atoms with van der Waals surface area (Å²) in [5, 5.41) is 8.31. The molecule has 1 aromatic rings. The van der Waals surface area contributed by atoms with Gasteiger partial charge in [-0.05, 0) is 18.1 Å². The normalized spacial score (nSPS) is 11.3. The van der Waals surface area contributed by atoms with Gasteiger partial charge in [0.05, 0.1) is 0 Å². The molecular weight excluding hydrogens is 168 g/mol. The Morgan fingerprint density at radius 2 is 2.54 bits per heavy atom. The molecule has 0 aromatic carbocycles. The Morgan fingerprint density at radius 3 is 3.15 bits per heavy atom. The third-order valence-electron chi connectivity index (χ3n) is 1.52. The van der Waals surface area contributed by atoms with E-state index in [0.29, 0.717) is 6.54 Å². The lowest BCUT2D eigenvalue weighted by atomic mass is 10.2. The molecule has 0 bridgehead atoms. The van der Waals surface area contributed by atoms with Crippen LogP contribution in [0.2, 0.25) is 0 Å². The van der Waals surface area contributed by atoms with Crippen LogP contribution in [0.25, 0.3) is 0 Å². The fourth-order valence-electron chi connectivity index (χ4n) is 0.887. The second-order valence-electron chi connectivity index (χ2n) is 2.49. The van der Waals surface area contributed by atoms with Gasteiger partial charge in [0.25, 0.3) is 0 Å². The Kier molecular flexibility index (Phi) is 3.72. The number of rotatable bonds is 3. The van der Waals surface area contributed by atoms with Gasteiger partial charge in [-0.1, -0.05) is 6.07 Å². The van der Waals surface area contributed by atoms with Crippen molar-refractivity contribution in [3.8, 4) is 0 Å². The maximum atomic E-state index is 8.31. The second kappa shape index (κ2) is 5.10. The van der Waals surface area contributed by atoms with Gasteiger partial charge in [0.15, 0.2) is 0 Å². The summed E-state index contributed by atoms with van der Waals surface area (Å²) in [6.07, 6.45) is 4.25. The molecule has 0 aliphatic heterocycles. The van der Waals surface area contributed by atoms with Crippen molar-refractivity contribution in [3.63, 3.8) is 0 Å². The highest BCUT2D eigenvalue weighted by Crippen LogP contribution is 1.96. The van der Waals surface area contributed by atoms with Crippen LogP contribution in [-0.2, 0) is 6.42 Å². The number of hydrogen-bond donors (Lipinski definition) is 3. The highest BCUT2D eigenvalue weighted by molar-refractivity contribution is 5.76. The first kappa shape index (κ1) is 9.47. The SMILES string of the molecule is NC(=NCCc1cccnc1)NO. The third kappa shape index (κ3) is 3.53. The minimum atomic E-state index is 0.0314. The van der Waals surface area contributed by atoms with Crippen LogP contribution in [0, 0.1) is 0 Å². The van der Waals surface area contributed by atoms with E-state index in [9.17, 15) is 0 Å². The van der Waals surface area contributed by atoms with Crippen molar-refractivity contribution >= 4 is 5.96 Å². The third-order valence-corrected chi connectivity index (χ3v) is 1.52. The van der Waals surface area contributed by atoms with Crippen LogP contribution in [-0.4, -0.2) is 22.7 Å². The summed E-state index contributed by atoms with van der Waals surface area (Å²) in [6.45, 7) is 0.533. The van der Waals surface area contributed by atoms with E-state index in [0.717, 1.165) is 12.0 Å². The molecule has 0 atom stereocenters. The van der Waals surface area contributed by atoms with Crippen molar-refractivity contribution in [1.82, 2.24) is 10.5 Å². The Bertz CT molecular complexity index is 273. The van der Waals surface area contributed by atoms with Crippen molar-refractivity contribution in [2.24, 2.45) is 10.7 Å². The van der Waals surface area contributed by atoms with Gasteiger partial charge in [0, 0.05) is 18.9 Å². The number of guanidine groups is 1. The van der Waals surface area contributed by atoms with Crippen LogP contribution in [0.1, 0.15) is 5.56 Å². The van der Waals surface area contributed by atoms with E-state index >= 15 is 0 Å². The van der Waals surface area contributed by atoms with Gasteiger partial charge in [-0.2, -0.15) is 0 Å². The van der Waals surface area contributed by atoms with Gasteiger partial charge in [-0.3, -0.25) is 15.2 Å². The summed E-state index contributed by atoms with van der Waals surface area (Å²) in [5.41, 5.74) is 8.07. The molecule has 70 valence electrons. The maximum absolute atomic E-state index is 8.31. The minimum Gasteiger partial charge on any atom is -0.368 e. The Hall–Kier alpha value is -1.62. The van der Waals surface area contributed by atoms with Gasteiger partial charge in [-0.15, -0.1) is 0 Å². The van der Waals surface area contributed by atoms with Gasteiger partial charge in [0.1, 0.15) is 0 Å². The Balaban J connectivity index is 2.36. The lowest BCUT2D eigenvalue weighted by Gasteiger charge is -1.98. The van der Waals surface area contributed by atoms with E-state index in [1.807, 2.05) is 12.1 Å². The zero-order valence-corrected chi connectivity index (χ0v) is 7.14. The lowest BCUT2D eigenvalue weighted by molar-refractivity contribution is 0.232. The van der Waals surface area contributed by atoms with Crippen molar-refractivity contribution < 1.29 is 5.21 Å². The molecule has 1 heterocycles. The number of aliphatic imine (C=N–C) groups is 1. The number of aromatic nitrogens is 1. The summed E-state index contributed by atoms with van der Waals surface area (Å²) >= 11 is 0. The zero-order chi connectivity index (χ0) is 9.52. The van der Waals surface area contributed by atoms with Gasteiger partial charge >= 0.3 is 0 Å². The van der Waals surface area contributed by atoms with Crippen LogP contribution in [0.3, 0.4) is 0 Å². The maximum Gasteiger partial charge on any atom is 0.212 e. The quantitative estimate of drug-likeness (QED) is 0.345. The molecule has 0 aliphatic rings. The van der Waals surface area contributed by atoms with E-state index in [2.05, 4.69) is 9.98 Å². The summed E-state index contributed by atoms with van der Waals surface area (Å²) in [6, 6.07) is 3.83. The van der Waals surface area contributed by atoms with Crippen molar-refractivity contribution in [3.05, 3.63) is 30.1 Å². The zero-order valence-electron chi connectivity index (χ0n) is 7.14. The molecular formula is C8H12N4O. The molecule has 5 nitrogen and oxygen atoms in total. The molecule has 1 rings (SSSR count). The van der Waals surface area contributed by atoms with E-state index < -0.39 is 0 Å². The molecule has 13 heavy (non-hydrogen) atoms. The molecule has 0 unspecified atom stereocenters. The number of pyridine rings is 1. The largest absolute Gasteiger partial charge is 0.368 e. The molecule has 0 amide bonds. The van der Waals surface area contributed by atoms with Crippen LogP contribution >= 0.6 is 0 Å². The standard InChI is InChI=1S/C8H12N4O/c9-8(12-13)11-5-3-7-2-1-4-10-6-7/h1-2,4,6,13H,3,5H2,(H3,9,11,12). The van der Waals surface area contributed by atoms with E-state index in [1.54, 1.807) is 17.9 Å². The Labute approximate surface area is 76.3 Å². The average Bonchev–Trinajstić information content (AvgIpc) is 2.19. The molecule has 0 fully saturated rings. The first-order chi connectivity index (χ1) is 6.33. The number of nitrogens with two attached hydrogens (primary N) is 1. The number of nitrogens with one attached hydrogen (secondary N) is 1. The average molecular weight is 180 g/mol. The first-order valence-electron chi connectivity index (χ1n) is 3.92. The first-order valence-corrected chi connectivity index (χ1v) is 3.92. The van der Waals surface area contributed by atoms with E-state index in [1.165, 1.54) is 0 Å². The highest BCUT2D eigenvalue weighted by Gasteiger charge is 1.91. The van der Waals surface area contributed by atoms with Gasteiger partial charge in [0.2, 0.25) is 5.96 Å². The molecule has 0 aliphatic carbocycles. The predicted molar refractivity (Wildman–Crippen MR) is 49.4 cm³/mol. The second-order valence-corrected chi connectivity index (χ2v) is 2.49. The topological polar surface area (TPSA) is 83.5 Å². The smallest absolute Gasteiger partial charge is 0.212 e. The molecule has 0 radical (unpaired) electrons. The number of nitrogens with zero attached hydrogens (tertiary/aromatic N) is 2. The van der Waals surface area contributed by atoms with E-state index in [4.69, 9.17) is 10.9 Å². The minimum absolute atomic E-state index is 0.0314. The van der Waals surface area contributed by atoms with Crippen LogP contribution in [0.15, 0.2) is 29.5 Å². The fourth-order valence-corrected chi connectivity index (χ4v) is 0.887. The fraction of sp³-hybridized carbons (Fsp3) is 0.250. The van der Waals surface area contributed by atoms with Gasteiger partial charge in [-0.25, -0.2) is 5.48 Å². The summed E-state index contributed by atoms with van der Waals surface area (Å²) in [5.74, 6) is 0.0314. The van der Waals surface area contributed by atoms with Crippen LogP contribution in [0.5, 0.6) is 0 Å². The van der Waals surface area contributed by atoms with Crippen LogP contribution < -0.4 is 11.2 Å². The van der Waals surface area contributed by atoms with E-state index in [-0.39, 0.29) is 5.96 Å². The molecule has 5 heteroatoms. The predicted octanol–water partition coefficient (Wildman–Crippen LogP) is -0.0824. The molecule has 4 N–H and O–H groups in total. The Morgan fingerprint density at radius 1 is 1.69 bits per heavy atom.